The number of nitrogens with one attached hydrogen (secondary N) is 3. The highest BCUT2D eigenvalue weighted by Crippen LogP contribution is 2.08. The second kappa shape index (κ2) is 6.75. The van der Waals surface area contributed by atoms with Crippen LogP contribution in [-0.4, -0.2) is 41.2 Å². The van der Waals surface area contributed by atoms with Crippen molar-refractivity contribution < 1.29 is 14.3 Å². The Hall–Kier alpha value is -2.89. The van der Waals surface area contributed by atoms with E-state index in [-0.39, 0.29) is 18.1 Å². The van der Waals surface area contributed by atoms with Crippen molar-refractivity contribution in [2.24, 2.45) is 5.10 Å². The Bertz CT molecular complexity index is 542. The highest BCUT2D eigenvalue weighted by Gasteiger charge is 2.15. The number of amides is 1. The number of hydrogen-bond donors (Lipinski definition) is 3. The third-order valence-electron chi connectivity index (χ3n) is 1.94. The highest BCUT2D eigenvalue weighted by atomic mass is 16.5. The second-order valence-corrected chi connectivity index (χ2v) is 3.11. The van der Waals surface area contributed by atoms with Crippen LogP contribution in [0, 0.1) is 11.3 Å². The number of ether oxygens (including phenoxy) is 1. The number of carbonyl (C=O) groups is 2. The van der Waals surface area contributed by atoms with Crippen molar-refractivity contribution in [1.82, 2.24) is 15.3 Å². The summed E-state index contributed by atoms with van der Waals surface area (Å²) in [5.74, 6) is -1.17. The Morgan fingerprint density at radius 1 is 1.63 bits per heavy atom. The Balaban J connectivity index is 2.85. The summed E-state index contributed by atoms with van der Waals surface area (Å²) in [5, 5.41) is 14.7. The van der Waals surface area contributed by atoms with Gasteiger partial charge in [-0.1, -0.05) is 0 Å². The number of rotatable bonds is 5. The summed E-state index contributed by atoms with van der Waals surface area (Å²) in [6.07, 6.45) is 1.28. The molecule has 0 unspecified atom stereocenters. The molecule has 9 nitrogen and oxygen atoms in total. The monoisotopic (exact) mass is 264 g/mol. The first-order valence-corrected chi connectivity index (χ1v) is 5.30. The lowest BCUT2D eigenvalue weighted by Crippen LogP contribution is -2.20. The van der Waals surface area contributed by atoms with E-state index in [0.717, 1.165) is 0 Å². The normalized spacial score (nSPS) is 10.5. The van der Waals surface area contributed by atoms with Gasteiger partial charge in [-0.3, -0.25) is 10.2 Å². The molecule has 1 heterocycles. The molecule has 1 aromatic rings. The molecule has 0 aliphatic heterocycles. The van der Waals surface area contributed by atoms with Gasteiger partial charge in [-0.05, 0) is 6.92 Å². The number of hydrazone groups is 1. The zero-order valence-corrected chi connectivity index (χ0v) is 10.4. The number of nitriles is 1. The molecule has 0 saturated carbocycles. The number of aromatic amines is 1. The lowest BCUT2D eigenvalue weighted by Gasteiger charge is -2.01. The van der Waals surface area contributed by atoms with Crippen LogP contribution in [-0.2, 0) is 9.53 Å². The Morgan fingerprint density at radius 2 is 2.37 bits per heavy atom. The first kappa shape index (κ1) is 14.2. The standard InChI is InChI=1S/C10H12N6O3/c1-3-19-10(18)6(4-11)15-16-8-7(9(17)12-2)13-5-14-8/h5,16H,3H2,1-2H3,(H,12,17)(H,13,14)/b15-6+. The fraction of sp³-hybridized carbons (Fsp3) is 0.300. The van der Waals surface area contributed by atoms with E-state index in [9.17, 15) is 9.59 Å². The van der Waals surface area contributed by atoms with Crippen molar-refractivity contribution in [3.8, 4) is 6.07 Å². The number of carbonyl (C=O) groups excluding carboxylic acids is 2. The SMILES string of the molecule is CCOC(=O)/C(C#N)=N/Nc1nc[nH]c1C(=O)NC. The Kier molecular flexibility index (Phi) is 5.04. The molecule has 0 radical (unpaired) electrons. The molecular formula is C10H12N6O3. The summed E-state index contributed by atoms with van der Waals surface area (Å²) in [5.41, 5.74) is 2.03. The van der Waals surface area contributed by atoms with Crippen LogP contribution in [0.4, 0.5) is 5.82 Å². The van der Waals surface area contributed by atoms with E-state index in [2.05, 4.69) is 30.5 Å². The van der Waals surface area contributed by atoms with Gasteiger partial charge in [0.05, 0.1) is 12.9 Å². The molecule has 100 valence electrons. The lowest BCUT2D eigenvalue weighted by molar-refractivity contribution is -0.134. The molecule has 9 heteroatoms. The van der Waals surface area contributed by atoms with E-state index in [1.165, 1.54) is 13.4 Å². The summed E-state index contributed by atoms with van der Waals surface area (Å²) in [7, 11) is 1.45. The average Bonchev–Trinajstić information content (AvgIpc) is 2.87. The minimum atomic E-state index is -0.852. The summed E-state index contributed by atoms with van der Waals surface area (Å²) in [4.78, 5) is 29.1. The van der Waals surface area contributed by atoms with Gasteiger partial charge in [-0.25, -0.2) is 9.78 Å². The molecule has 1 aromatic heterocycles. The molecule has 0 saturated heterocycles. The molecule has 0 aromatic carbocycles. The number of hydrogen-bond acceptors (Lipinski definition) is 7. The smallest absolute Gasteiger partial charge is 0.369 e. The molecule has 0 bridgehead atoms. The zero-order valence-electron chi connectivity index (χ0n) is 10.4. The molecule has 0 spiro atoms. The van der Waals surface area contributed by atoms with Gasteiger partial charge in [0.15, 0.2) is 5.82 Å². The molecule has 1 amide bonds. The third kappa shape index (κ3) is 3.53. The van der Waals surface area contributed by atoms with Crippen LogP contribution in [0.25, 0.3) is 0 Å². The number of nitrogens with zero attached hydrogens (tertiary/aromatic N) is 3. The maximum Gasteiger partial charge on any atom is 0.369 e. The molecule has 19 heavy (non-hydrogen) atoms. The van der Waals surface area contributed by atoms with Crippen molar-refractivity contribution >= 4 is 23.4 Å². The van der Waals surface area contributed by atoms with Crippen molar-refractivity contribution in [1.29, 1.82) is 5.26 Å². The molecule has 0 aliphatic carbocycles. The van der Waals surface area contributed by atoms with Crippen molar-refractivity contribution in [2.75, 3.05) is 19.1 Å². The van der Waals surface area contributed by atoms with Gasteiger partial charge in [-0.15, -0.1) is 0 Å². The van der Waals surface area contributed by atoms with E-state index in [4.69, 9.17) is 5.26 Å². The Labute approximate surface area is 108 Å². The minimum Gasteiger partial charge on any atom is -0.461 e. The molecule has 3 N–H and O–H groups in total. The van der Waals surface area contributed by atoms with Crippen molar-refractivity contribution in [3.05, 3.63) is 12.0 Å². The lowest BCUT2D eigenvalue weighted by atomic mass is 10.4. The van der Waals surface area contributed by atoms with Gasteiger partial charge in [0.25, 0.3) is 5.91 Å². The first-order chi connectivity index (χ1) is 9.13. The average molecular weight is 264 g/mol. The van der Waals surface area contributed by atoms with Crippen LogP contribution in [0.15, 0.2) is 11.4 Å². The van der Waals surface area contributed by atoms with Crippen LogP contribution < -0.4 is 10.7 Å². The van der Waals surface area contributed by atoms with Gasteiger partial charge >= 0.3 is 5.97 Å². The molecule has 0 fully saturated rings. The van der Waals surface area contributed by atoms with Crippen molar-refractivity contribution in [3.63, 3.8) is 0 Å². The number of imidazole rings is 1. The topological polar surface area (TPSA) is 132 Å². The van der Waals surface area contributed by atoms with E-state index >= 15 is 0 Å². The zero-order chi connectivity index (χ0) is 14.3. The van der Waals surface area contributed by atoms with Crippen LogP contribution >= 0.6 is 0 Å². The predicted molar refractivity (Wildman–Crippen MR) is 65.3 cm³/mol. The fourth-order valence-corrected chi connectivity index (χ4v) is 1.10. The van der Waals surface area contributed by atoms with Gasteiger partial charge in [0.2, 0.25) is 5.71 Å². The van der Waals surface area contributed by atoms with Gasteiger partial charge in [0, 0.05) is 7.05 Å². The molecular weight excluding hydrogens is 252 g/mol. The number of esters is 1. The Morgan fingerprint density at radius 3 is 2.95 bits per heavy atom. The van der Waals surface area contributed by atoms with E-state index in [1.54, 1.807) is 13.0 Å². The second-order valence-electron chi connectivity index (χ2n) is 3.11. The van der Waals surface area contributed by atoms with Crippen LogP contribution in [0.2, 0.25) is 0 Å². The maximum atomic E-state index is 11.4. The van der Waals surface area contributed by atoms with Crippen molar-refractivity contribution in [2.45, 2.75) is 6.92 Å². The summed E-state index contributed by atoms with van der Waals surface area (Å²) < 4.78 is 4.62. The van der Waals surface area contributed by atoms with E-state index in [0.29, 0.717) is 0 Å². The minimum absolute atomic E-state index is 0.0939. The number of aromatic nitrogens is 2. The summed E-state index contributed by atoms with van der Waals surface area (Å²) in [6.45, 7) is 1.74. The number of anilines is 1. The van der Waals surface area contributed by atoms with E-state index in [1.807, 2.05) is 0 Å². The molecule has 1 rings (SSSR count). The summed E-state index contributed by atoms with van der Waals surface area (Å²) in [6, 6.07) is 1.59. The molecule has 0 aliphatic rings. The highest BCUT2D eigenvalue weighted by molar-refractivity contribution is 6.43. The van der Waals surface area contributed by atoms with Crippen LogP contribution in [0.3, 0.4) is 0 Å². The van der Waals surface area contributed by atoms with E-state index < -0.39 is 17.6 Å². The largest absolute Gasteiger partial charge is 0.461 e. The van der Waals surface area contributed by atoms with Crippen LogP contribution in [0.1, 0.15) is 17.4 Å². The van der Waals surface area contributed by atoms with Gasteiger partial charge < -0.3 is 15.0 Å². The molecule has 0 atom stereocenters. The van der Waals surface area contributed by atoms with Crippen LogP contribution in [0.5, 0.6) is 0 Å². The number of H-pyrrole nitrogens is 1. The summed E-state index contributed by atoms with van der Waals surface area (Å²) >= 11 is 0. The predicted octanol–water partition coefficient (Wildman–Crippen LogP) is -0.376. The van der Waals surface area contributed by atoms with Gasteiger partial charge in [-0.2, -0.15) is 10.4 Å². The van der Waals surface area contributed by atoms with Gasteiger partial charge in [0.1, 0.15) is 11.8 Å². The first-order valence-electron chi connectivity index (χ1n) is 5.30. The quantitative estimate of drug-likeness (QED) is 0.377. The maximum absolute atomic E-state index is 11.4. The fourth-order valence-electron chi connectivity index (χ4n) is 1.10. The third-order valence-corrected chi connectivity index (χ3v) is 1.94.